The number of nitrogens with zero attached hydrogens (tertiary/aromatic N) is 3. The van der Waals surface area contributed by atoms with Gasteiger partial charge in [0.25, 0.3) is 5.91 Å². The third-order valence-electron chi connectivity index (χ3n) is 10.2. The molecule has 12 heteroatoms. The molecule has 3 aliphatic heterocycles. The second kappa shape index (κ2) is 14.3. The van der Waals surface area contributed by atoms with Crippen LogP contribution in [-0.4, -0.2) is 77.9 Å². The number of anilines is 1. The lowest BCUT2D eigenvalue weighted by atomic mass is 9.91. The van der Waals surface area contributed by atoms with E-state index in [1.165, 1.54) is 29.2 Å². The Morgan fingerprint density at radius 3 is 2.70 bits per heavy atom. The number of carbonyl (C=O) groups is 4. The smallest absolute Gasteiger partial charge is 0.270 e. The number of fused-ring (bicyclic) bond motifs is 2. The Hall–Kier alpha value is -4.71. The van der Waals surface area contributed by atoms with Crippen LogP contribution >= 0.6 is 0 Å². The van der Waals surface area contributed by atoms with Crippen LogP contribution in [0.1, 0.15) is 78.7 Å². The molecule has 4 amide bonds. The van der Waals surface area contributed by atoms with E-state index in [9.17, 15) is 28.0 Å². The number of likely N-dealkylation sites (tertiary alicyclic amines) is 1. The molecule has 0 spiro atoms. The molecule has 50 heavy (non-hydrogen) atoms. The Labute approximate surface area is 289 Å². The van der Waals surface area contributed by atoms with E-state index < -0.39 is 48.3 Å². The minimum absolute atomic E-state index is 0.0428. The van der Waals surface area contributed by atoms with Crippen LogP contribution in [0.15, 0.2) is 48.5 Å². The van der Waals surface area contributed by atoms with Gasteiger partial charge in [-0.15, -0.1) is 0 Å². The van der Waals surface area contributed by atoms with Crippen LogP contribution in [0.4, 0.5) is 14.5 Å². The van der Waals surface area contributed by atoms with Crippen molar-refractivity contribution in [3.8, 4) is 0 Å². The zero-order valence-corrected chi connectivity index (χ0v) is 28.1. The number of alkyl halides is 1. The van der Waals surface area contributed by atoms with Crippen molar-refractivity contribution in [1.29, 1.82) is 0 Å². The molecule has 2 aromatic carbocycles. The molecule has 0 radical (unpaired) electrons. The van der Waals surface area contributed by atoms with Gasteiger partial charge in [-0.1, -0.05) is 18.2 Å². The van der Waals surface area contributed by atoms with Gasteiger partial charge >= 0.3 is 0 Å². The van der Waals surface area contributed by atoms with E-state index >= 15 is 0 Å². The molecular weight excluding hydrogens is 642 g/mol. The summed E-state index contributed by atoms with van der Waals surface area (Å²) in [5.41, 5.74) is 4.24. The van der Waals surface area contributed by atoms with Gasteiger partial charge in [0, 0.05) is 24.0 Å². The normalized spacial score (nSPS) is 22.5. The SMILES string of the molecule is C[C@H](NC(=O)[C@@H]1C[C@@H](F)CN1C(=O)CNC(=O)c1ccc2cc(F)ccc2n1)c1cc2c(cc1/C=C/C1CC1)CCCN2C(=O)[C@H]1CCCN1. The molecule has 0 bridgehead atoms. The topological polar surface area (TPSA) is 124 Å². The van der Waals surface area contributed by atoms with E-state index in [1.807, 2.05) is 17.9 Å². The number of carbonyl (C=O) groups excluding carboxylic acids is 4. The Morgan fingerprint density at radius 1 is 1.08 bits per heavy atom. The van der Waals surface area contributed by atoms with Crippen molar-refractivity contribution in [2.45, 2.75) is 76.2 Å². The van der Waals surface area contributed by atoms with E-state index in [4.69, 9.17) is 0 Å². The van der Waals surface area contributed by atoms with Gasteiger partial charge in [-0.3, -0.25) is 19.2 Å². The highest BCUT2D eigenvalue weighted by Crippen LogP contribution is 2.36. The number of amides is 4. The van der Waals surface area contributed by atoms with Crippen molar-refractivity contribution in [3.63, 3.8) is 0 Å². The van der Waals surface area contributed by atoms with E-state index in [0.717, 1.165) is 67.4 Å². The number of aryl methyl sites for hydroxylation is 1. The van der Waals surface area contributed by atoms with Crippen LogP contribution < -0.4 is 20.9 Å². The van der Waals surface area contributed by atoms with Crippen LogP contribution in [0, 0.1) is 11.7 Å². The summed E-state index contributed by atoms with van der Waals surface area (Å²) in [7, 11) is 0. The highest BCUT2D eigenvalue weighted by molar-refractivity contribution is 5.99. The third kappa shape index (κ3) is 7.26. The van der Waals surface area contributed by atoms with Gasteiger partial charge < -0.3 is 25.8 Å². The summed E-state index contributed by atoms with van der Waals surface area (Å²) in [6.07, 6.45) is 8.55. The molecule has 3 aromatic rings. The first-order valence-electron chi connectivity index (χ1n) is 17.6. The van der Waals surface area contributed by atoms with Gasteiger partial charge in [0.2, 0.25) is 17.7 Å². The fourth-order valence-corrected chi connectivity index (χ4v) is 7.30. The van der Waals surface area contributed by atoms with Crippen molar-refractivity contribution in [2.24, 2.45) is 5.92 Å². The summed E-state index contributed by atoms with van der Waals surface area (Å²) in [5.74, 6) is -1.51. The number of nitrogens with one attached hydrogen (secondary N) is 3. The summed E-state index contributed by atoms with van der Waals surface area (Å²) in [6.45, 7) is 2.61. The van der Waals surface area contributed by atoms with Gasteiger partial charge in [0.1, 0.15) is 23.7 Å². The molecule has 4 heterocycles. The molecule has 3 fully saturated rings. The maximum absolute atomic E-state index is 14.8. The van der Waals surface area contributed by atoms with Crippen molar-refractivity contribution in [3.05, 3.63) is 76.7 Å². The Balaban J connectivity index is 1.05. The number of hydrogen-bond donors (Lipinski definition) is 3. The fraction of sp³-hybridized carbons (Fsp3) is 0.447. The van der Waals surface area contributed by atoms with Crippen LogP contribution in [-0.2, 0) is 20.8 Å². The van der Waals surface area contributed by atoms with E-state index in [1.54, 1.807) is 6.07 Å². The number of aromatic nitrogens is 1. The summed E-state index contributed by atoms with van der Waals surface area (Å²) < 4.78 is 28.3. The predicted molar refractivity (Wildman–Crippen MR) is 186 cm³/mol. The number of rotatable bonds is 9. The average Bonchev–Trinajstić information content (AvgIpc) is 3.60. The number of benzene rings is 2. The second-order valence-electron chi connectivity index (χ2n) is 13.9. The minimum Gasteiger partial charge on any atom is -0.348 e. The summed E-state index contributed by atoms with van der Waals surface area (Å²) in [4.78, 5) is 60.7. The lowest BCUT2D eigenvalue weighted by Gasteiger charge is -2.33. The summed E-state index contributed by atoms with van der Waals surface area (Å²) >= 11 is 0. The second-order valence-corrected chi connectivity index (χ2v) is 13.9. The van der Waals surface area contributed by atoms with Crippen molar-refractivity contribution >= 4 is 46.3 Å². The van der Waals surface area contributed by atoms with Gasteiger partial charge in [-0.25, -0.2) is 13.8 Å². The standard InChI is InChI=1S/C38H42F2N6O4/c1-22(29-19-33-26(16-24(29)9-8-23-6-7-23)4-3-15-45(33)38(50)32-5-2-14-41-32)43-37(49)34-18-28(40)21-46(34)35(47)20-42-36(48)31-12-10-25-17-27(39)11-13-30(25)44-31/h8-13,16-17,19,22-23,28,32,34,41H,2-7,14-15,18,20-21H2,1H3,(H,42,48)(H,43,49)/b9-8+/t22-,28+,32+,34-/m0/s1. The fourth-order valence-electron chi connectivity index (χ4n) is 7.30. The molecule has 4 atom stereocenters. The molecule has 1 aromatic heterocycles. The van der Waals surface area contributed by atoms with Crippen molar-refractivity contribution in [1.82, 2.24) is 25.8 Å². The highest BCUT2D eigenvalue weighted by Gasteiger charge is 2.40. The molecule has 7 rings (SSSR count). The van der Waals surface area contributed by atoms with Crippen LogP contribution in [0.25, 0.3) is 17.0 Å². The first kappa shape index (κ1) is 33.8. The number of hydrogen-bond acceptors (Lipinski definition) is 6. The van der Waals surface area contributed by atoms with Gasteiger partial charge in [0.15, 0.2) is 0 Å². The predicted octanol–water partition coefficient (Wildman–Crippen LogP) is 4.37. The zero-order chi connectivity index (χ0) is 34.9. The maximum atomic E-state index is 14.8. The highest BCUT2D eigenvalue weighted by atomic mass is 19.1. The minimum atomic E-state index is -1.40. The molecule has 262 valence electrons. The first-order valence-corrected chi connectivity index (χ1v) is 17.6. The lowest BCUT2D eigenvalue weighted by Crippen LogP contribution is -2.49. The third-order valence-corrected chi connectivity index (χ3v) is 10.2. The van der Waals surface area contributed by atoms with Crippen molar-refractivity contribution < 1.29 is 28.0 Å². The summed E-state index contributed by atoms with van der Waals surface area (Å²) in [6, 6.07) is 9.40. The Bertz CT molecular complexity index is 1860. The molecule has 3 N–H and O–H groups in total. The molecule has 1 saturated carbocycles. The Morgan fingerprint density at radius 2 is 1.92 bits per heavy atom. The molecular formula is C38H42F2N6O4. The zero-order valence-electron chi connectivity index (χ0n) is 28.1. The van der Waals surface area contributed by atoms with Crippen LogP contribution in [0.2, 0.25) is 0 Å². The van der Waals surface area contributed by atoms with Gasteiger partial charge in [-0.05, 0) is 111 Å². The van der Waals surface area contributed by atoms with Crippen molar-refractivity contribution in [2.75, 3.05) is 31.1 Å². The van der Waals surface area contributed by atoms with Crippen LogP contribution in [0.5, 0.6) is 0 Å². The molecule has 0 unspecified atom stereocenters. The largest absolute Gasteiger partial charge is 0.348 e. The van der Waals surface area contributed by atoms with E-state index in [-0.39, 0.29) is 30.6 Å². The number of pyridine rings is 1. The van der Waals surface area contributed by atoms with Gasteiger partial charge in [0.05, 0.1) is 30.7 Å². The van der Waals surface area contributed by atoms with Gasteiger partial charge in [-0.2, -0.15) is 0 Å². The molecule has 10 nitrogen and oxygen atoms in total. The average molecular weight is 685 g/mol. The molecule has 1 aliphatic carbocycles. The number of halogens is 2. The van der Waals surface area contributed by atoms with E-state index in [0.29, 0.717) is 23.4 Å². The lowest BCUT2D eigenvalue weighted by molar-refractivity contribution is -0.138. The maximum Gasteiger partial charge on any atom is 0.270 e. The Kier molecular flexibility index (Phi) is 9.63. The first-order chi connectivity index (χ1) is 24.1. The monoisotopic (exact) mass is 684 g/mol. The number of allylic oxidation sites excluding steroid dienone is 1. The quantitative estimate of drug-likeness (QED) is 0.308. The summed E-state index contributed by atoms with van der Waals surface area (Å²) in [5, 5.41) is 9.40. The molecule has 4 aliphatic rings. The van der Waals surface area contributed by atoms with Crippen LogP contribution in [0.3, 0.4) is 0 Å². The molecule has 2 saturated heterocycles. The van der Waals surface area contributed by atoms with E-state index in [2.05, 4.69) is 39.2 Å².